The Morgan fingerprint density at radius 1 is 0.958 bits per heavy atom. The maximum Gasteiger partial charge on any atom is 0.139 e. The quantitative estimate of drug-likeness (QED) is 0.295. The average molecular weight is 426 g/mol. The second-order valence-electron chi connectivity index (χ2n) is 5.72. The molecule has 0 unspecified atom stereocenters. The Kier molecular flexibility index (Phi) is 3.80. The van der Waals surface area contributed by atoms with Crippen molar-refractivity contribution < 1.29 is 0 Å². The summed E-state index contributed by atoms with van der Waals surface area (Å²) in [7, 11) is 0. The molecule has 0 saturated carbocycles. The summed E-state index contributed by atoms with van der Waals surface area (Å²) in [6.07, 6.45) is 0. The monoisotopic (exact) mass is 426 g/mol. The van der Waals surface area contributed by atoms with Crippen LogP contribution in [-0.4, -0.2) is 9.97 Å². The lowest BCUT2D eigenvalue weighted by atomic mass is 10.1. The van der Waals surface area contributed by atoms with Crippen LogP contribution in [0.15, 0.2) is 58.8 Å². The van der Waals surface area contributed by atoms with Crippen molar-refractivity contribution in [2.45, 2.75) is 13.8 Å². The Morgan fingerprint density at radius 3 is 2.54 bits per heavy atom. The molecule has 1 N–H and O–H groups in total. The molecule has 0 aliphatic carbocycles. The van der Waals surface area contributed by atoms with Gasteiger partial charge in [0, 0.05) is 19.9 Å². The molecule has 2 heterocycles. The van der Waals surface area contributed by atoms with Gasteiger partial charge in [-0.15, -0.1) is 10.2 Å². The van der Waals surface area contributed by atoms with E-state index in [0.717, 1.165) is 42.8 Å². The van der Waals surface area contributed by atoms with Crippen molar-refractivity contribution in [1.29, 1.82) is 0 Å². The van der Waals surface area contributed by atoms with Crippen molar-refractivity contribution in [1.82, 2.24) is 9.97 Å². The molecule has 2 aromatic heterocycles. The second-order valence-corrected chi connectivity index (χ2v) is 6.88. The molecule has 5 heteroatoms. The molecule has 0 aliphatic rings. The minimum absolute atomic E-state index is 0.840. The molecular weight excluding hydrogens is 411 g/mol. The molecule has 0 aliphatic heterocycles. The number of aromatic nitrogens is 2. The van der Waals surface area contributed by atoms with Crippen LogP contribution in [0.3, 0.4) is 0 Å². The number of azo groups is 1. The third kappa shape index (κ3) is 2.49. The van der Waals surface area contributed by atoms with Crippen LogP contribution >= 0.6 is 22.6 Å². The fourth-order valence-electron chi connectivity index (χ4n) is 2.99. The van der Waals surface area contributed by atoms with E-state index >= 15 is 0 Å². The first-order valence-corrected chi connectivity index (χ1v) is 8.77. The van der Waals surface area contributed by atoms with E-state index in [9.17, 15) is 0 Å². The van der Waals surface area contributed by atoms with Crippen molar-refractivity contribution in [3.63, 3.8) is 0 Å². The van der Waals surface area contributed by atoms with Gasteiger partial charge in [0.15, 0.2) is 0 Å². The Balaban J connectivity index is 1.92. The lowest BCUT2D eigenvalue weighted by molar-refractivity contribution is 1.13. The van der Waals surface area contributed by atoms with E-state index in [2.05, 4.69) is 56.9 Å². The second kappa shape index (κ2) is 5.98. The van der Waals surface area contributed by atoms with E-state index in [4.69, 9.17) is 4.98 Å². The van der Waals surface area contributed by atoms with Crippen LogP contribution in [0.4, 0.5) is 11.4 Å². The third-order valence-electron chi connectivity index (χ3n) is 4.15. The first kappa shape index (κ1) is 15.3. The topological polar surface area (TPSA) is 53.4 Å². The van der Waals surface area contributed by atoms with Gasteiger partial charge in [-0.2, -0.15) is 0 Å². The molecule has 0 radical (unpaired) electrons. The summed E-state index contributed by atoms with van der Waals surface area (Å²) in [5.41, 5.74) is 5.68. The molecule has 0 saturated heterocycles. The number of hydrogen-bond acceptors (Lipinski definition) is 3. The number of hydrogen-bond donors (Lipinski definition) is 1. The van der Waals surface area contributed by atoms with Crippen LogP contribution in [0.1, 0.15) is 11.3 Å². The van der Waals surface area contributed by atoms with Crippen molar-refractivity contribution in [2.24, 2.45) is 10.2 Å². The molecule has 4 aromatic rings. The van der Waals surface area contributed by atoms with Gasteiger partial charge >= 0.3 is 0 Å². The van der Waals surface area contributed by atoms with Gasteiger partial charge < -0.3 is 4.98 Å². The molecule has 2 aromatic carbocycles. The van der Waals surface area contributed by atoms with Gasteiger partial charge in [-0.05, 0) is 60.2 Å². The van der Waals surface area contributed by atoms with Crippen molar-refractivity contribution in [2.75, 3.05) is 0 Å². The van der Waals surface area contributed by atoms with E-state index in [-0.39, 0.29) is 0 Å². The fraction of sp³-hybridized carbons (Fsp3) is 0.105. The van der Waals surface area contributed by atoms with Crippen LogP contribution < -0.4 is 0 Å². The summed E-state index contributed by atoms with van der Waals surface area (Å²) in [6, 6.07) is 16.2. The van der Waals surface area contributed by atoms with Crippen LogP contribution in [0.2, 0.25) is 0 Å². The van der Waals surface area contributed by atoms with Crippen LogP contribution in [0.25, 0.3) is 21.9 Å². The smallest absolute Gasteiger partial charge is 0.139 e. The zero-order chi connectivity index (χ0) is 16.7. The van der Waals surface area contributed by atoms with Gasteiger partial charge in [0.25, 0.3) is 0 Å². The van der Waals surface area contributed by atoms with E-state index in [1.165, 1.54) is 5.39 Å². The first-order valence-electron chi connectivity index (χ1n) is 7.69. The minimum Gasteiger partial charge on any atom is -0.339 e. The number of aryl methyl sites for hydroxylation is 2. The molecular formula is C19H15IN4. The molecule has 0 spiro atoms. The van der Waals surface area contributed by atoms with Gasteiger partial charge in [-0.25, -0.2) is 4.98 Å². The highest BCUT2D eigenvalue weighted by atomic mass is 127. The zero-order valence-electron chi connectivity index (χ0n) is 13.3. The number of para-hydroxylation sites is 1. The predicted molar refractivity (Wildman–Crippen MR) is 106 cm³/mol. The highest BCUT2D eigenvalue weighted by Crippen LogP contribution is 2.35. The molecule has 0 bridgehead atoms. The molecule has 0 amide bonds. The molecule has 0 atom stereocenters. The highest BCUT2D eigenvalue weighted by molar-refractivity contribution is 14.1. The van der Waals surface area contributed by atoms with Gasteiger partial charge in [-0.3, -0.25) is 0 Å². The number of fused-ring (bicyclic) bond motifs is 3. The predicted octanol–water partition coefficient (Wildman–Crippen LogP) is 6.35. The number of aromatic amines is 1. The Bertz CT molecular complexity index is 1100. The zero-order valence-corrected chi connectivity index (χ0v) is 15.5. The van der Waals surface area contributed by atoms with Gasteiger partial charge in [0.2, 0.25) is 0 Å². The normalized spacial score (nSPS) is 11.8. The van der Waals surface area contributed by atoms with E-state index in [1.807, 2.05) is 43.3 Å². The van der Waals surface area contributed by atoms with Gasteiger partial charge in [0.05, 0.1) is 11.4 Å². The lowest BCUT2D eigenvalue weighted by Crippen LogP contribution is -1.88. The van der Waals surface area contributed by atoms with E-state index in [1.54, 1.807) is 0 Å². The molecule has 4 rings (SSSR count). The first-order chi connectivity index (χ1) is 11.6. The number of H-pyrrole nitrogens is 1. The number of pyridine rings is 1. The Labute approximate surface area is 153 Å². The maximum atomic E-state index is 4.70. The van der Waals surface area contributed by atoms with E-state index < -0.39 is 0 Å². The number of rotatable bonds is 2. The lowest BCUT2D eigenvalue weighted by Gasteiger charge is -2.05. The maximum absolute atomic E-state index is 4.70. The van der Waals surface area contributed by atoms with Crippen LogP contribution in [0.5, 0.6) is 0 Å². The molecule has 118 valence electrons. The summed E-state index contributed by atoms with van der Waals surface area (Å²) in [5, 5.41) is 11.2. The fourth-order valence-corrected chi connectivity index (χ4v) is 3.48. The molecule has 4 nitrogen and oxygen atoms in total. The van der Waals surface area contributed by atoms with Crippen molar-refractivity contribution in [3.05, 3.63) is 63.4 Å². The Hall–Kier alpha value is -2.28. The summed E-state index contributed by atoms with van der Waals surface area (Å²) in [6.45, 7) is 4.06. The molecule has 0 fully saturated rings. The number of nitrogens with one attached hydrogen (secondary N) is 1. The van der Waals surface area contributed by atoms with Crippen LogP contribution in [0, 0.1) is 17.4 Å². The standard InChI is InChI=1S/C19H15IN4/c1-11-17-13-7-3-5-9-15(13)22-19(17)21-12(2)18(11)24-23-16-10-6-4-8-14(16)20/h3-10H,1-2H3,(H,21,22). The minimum atomic E-state index is 0.840. The Morgan fingerprint density at radius 2 is 1.71 bits per heavy atom. The van der Waals surface area contributed by atoms with Gasteiger partial charge in [-0.1, -0.05) is 30.3 Å². The highest BCUT2D eigenvalue weighted by Gasteiger charge is 2.13. The summed E-state index contributed by atoms with van der Waals surface area (Å²) in [5.74, 6) is 0. The van der Waals surface area contributed by atoms with Crippen molar-refractivity contribution in [3.8, 4) is 0 Å². The average Bonchev–Trinajstić information content (AvgIpc) is 2.94. The molecule has 24 heavy (non-hydrogen) atoms. The third-order valence-corrected chi connectivity index (χ3v) is 5.06. The summed E-state index contributed by atoms with van der Waals surface area (Å²) < 4.78 is 1.08. The number of nitrogens with zero attached hydrogens (tertiary/aromatic N) is 3. The summed E-state index contributed by atoms with van der Waals surface area (Å²) in [4.78, 5) is 8.08. The van der Waals surface area contributed by atoms with Crippen molar-refractivity contribution >= 4 is 55.9 Å². The largest absolute Gasteiger partial charge is 0.339 e. The SMILES string of the molecule is Cc1nc2[nH]c3ccccc3c2c(C)c1N=Nc1ccccc1I. The number of halogens is 1. The van der Waals surface area contributed by atoms with E-state index in [0.29, 0.717) is 0 Å². The van der Waals surface area contributed by atoms with Gasteiger partial charge in [0.1, 0.15) is 11.3 Å². The van der Waals surface area contributed by atoms with Crippen LogP contribution in [-0.2, 0) is 0 Å². The summed E-state index contributed by atoms with van der Waals surface area (Å²) >= 11 is 2.27. The number of benzene rings is 2.